The normalized spacial score (nSPS) is 19.4. The maximum atomic E-state index is 13.2. The molecule has 0 aliphatic carbocycles. The number of likely N-dealkylation sites (tertiary alicyclic amines) is 1. The van der Waals surface area contributed by atoms with Gasteiger partial charge in [-0.15, -0.1) is 0 Å². The van der Waals surface area contributed by atoms with E-state index in [0.29, 0.717) is 31.8 Å². The number of aryl methyl sites for hydroxylation is 1. The molecule has 7 heteroatoms. The number of methoxy groups -OCH3 is 1. The van der Waals surface area contributed by atoms with Gasteiger partial charge >= 0.3 is 6.03 Å². The van der Waals surface area contributed by atoms with Crippen LogP contribution in [0.5, 0.6) is 0 Å². The fourth-order valence-corrected chi connectivity index (χ4v) is 4.06. The van der Waals surface area contributed by atoms with Gasteiger partial charge in [0.25, 0.3) is 5.91 Å². The Labute approximate surface area is 164 Å². The van der Waals surface area contributed by atoms with E-state index in [2.05, 4.69) is 5.32 Å². The zero-order valence-corrected chi connectivity index (χ0v) is 16.2. The van der Waals surface area contributed by atoms with Crippen molar-refractivity contribution in [3.8, 4) is 0 Å². The van der Waals surface area contributed by atoms with Crippen LogP contribution in [-0.2, 0) is 11.3 Å². The molecule has 1 aromatic carbocycles. The molecular formula is C21H25N3O4. The molecule has 1 atom stereocenters. The Morgan fingerprint density at radius 1 is 1.29 bits per heavy atom. The van der Waals surface area contributed by atoms with Crippen LogP contribution in [0.2, 0.25) is 0 Å². The van der Waals surface area contributed by atoms with E-state index in [-0.39, 0.29) is 18.0 Å². The molecule has 28 heavy (non-hydrogen) atoms. The van der Waals surface area contributed by atoms with Gasteiger partial charge in [-0.05, 0) is 55.7 Å². The predicted octanol–water partition coefficient (Wildman–Crippen LogP) is 3.24. The highest BCUT2D eigenvalue weighted by Gasteiger charge is 2.33. The Kier molecular flexibility index (Phi) is 5.09. The number of anilines is 1. The lowest BCUT2D eigenvalue weighted by molar-refractivity contribution is 0.0715. The van der Waals surface area contributed by atoms with Crippen molar-refractivity contribution in [1.29, 1.82) is 0 Å². The highest BCUT2D eigenvalue weighted by Crippen LogP contribution is 2.35. The van der Waals surface area contributed by atoms with Gasteiger partial charge in [0.15, 0.2) is 0 Å². The maximum absolute atomic E-state index is 13.2. The van der Waals surface area contributed by atoms with E-state index >= 15 is 0 Å². The van der Waals surface area contributed by atoms with Crippen LogP contribution in [0.3, 0.4) is 0 Å². The number of nitrogens with zero attached hydrogens (tertiary/aromatic N) is 2. The molecule has 2 aliphatic heterocycles. The van der Waals surface area contributed by atoms with Gasteiger partial charge in [-0.25, -0.2) is 4.79 Å². The van der Waals surface area contributed by atoms with Crippen molar-refractivity contribution in [2.24, 2.45) is 0 Å². The molecule has 2 aromatic rings. The average molecular weight is 383 g/mol. The standard InChI is InChI=1S/C21H25N3O4/c1-14-12-15(5-7-17(14)24-11-9-22-21(24)26)20(25)23-10-3-4-18(23)19-8-6-16(28-19)13-27-2/h5-8,12,18H,3-4,9-11,13H2,1-2H3,(H,22,26). The number of rotatable bonds is 5. The molecule has 1 unspecified atom stereocenters. The molecule has 0 radical (unpaired) electrons. The average Bonchev–Trinajstić information content (AvgIpc) is 3.42. The van der Waals surface area contributed by atoms with Crippen molar-refractivity contribution in [3.05, 3.63) is 53.0 Å². The molecule has 7 nitrogen and oxygen atoms in total. The molecule has 4 rings (SSSR count). The highest BCUT2D eigenvalue weighted by atomic mass is 16.5. The molecule has 2 aliphatic rings. The van der Waals surface area contributed by atoms with Gasteiger partial charge < -0.3 is 19.4 Å². The summed E-state index contributed by atoms with van der Waals surface area (Å²) in [6.45, 7) is 4.35. The number of urea groups is 1. The van der Waals surface area contributed by atoms with Gasteiger partial charge in [-0.2, -0.15) is 0 Å². The van der Waals surface area contributed by atoms with Crippen molar-refractivity contribution in [3.63, 3.8) is 0 Å². The molecule has 0 saturated carbocycles. The summed E-state index contributed by atoms with van der Waals surface area (Å²) in [6, 6.07) is 9.24. The van der Waals surface area contributed by atoms with Gasteiger partial charge in [0.1, 0.15) is 18.1 Å². The Morgan fingerprint density at radius 2 is 2.14 bits per heavy atom. The van der Waals surface area contributed by atoms with Crippen molar-refractivity contribution in [1.82, 2.24) is 10.2 Å². The van der Waals surface area contributed by atoms with Crippen LogP contribution in [0.25, 0.3) is 0 Å². The lowest BCUT2D eigenvalue weighted by atomic mass is 10.1. The number of hydrogen-bond donors (Lipinski definition) is 1. The third kappa shape index (κ3) is 3.38. The number of furan rings is 1. The third-order valence-corrected chi connectivity index (χ3v) is 5.40. The van der Waals surface area contributed by atoms with Gasteiger partial charge in [-0.3, -0.25) is 9.69 Å². The van der Waals surface area contributed by atoms with Crippen LogP contribution < -0.4 is 10.2 Å². The van der Waals surface area contributed by atoms with Crippen LogP contribution in [0, 0.1) is 6.92 Å². The van der Waals surface area contributed by atoms with E-state index in [1.54, 1.807) is 12.0 Å². The van der Waals surface area contributed by atoms with Gasteiger partial charge in [0.05, 0.1) is 6.04 Å². The molecule has 3 amide bonds. The SMILES string of the molecule is COCc1ccc(C2CCCN2C(=O)c2ccc(N3CCNC3=O)c(C)c2)o1. The molecule has 2 fully saturated rings. The van der Waals surface area contributed by atoms with E-state index in [0.717, 1.165) is 35.6 Å². The van der Waals surface area contributed by atoms with Gasteiger partial charge in [-0.1, -0.05) is 0 Å². The van der Waals surface area contributed by atoms with Crippen LogP contribution in [0.4, 0.5) is 10.5 Å². The van der Waals surface area contributed by atoms with E-state index in [1.165, 1.54) is 0 Å². The second-order valence-corrected chi connectivity index (χ2v) is 7.28. The number of nitrogens with one attached hydrogen (secondary N) is 1. The van der Waals surface area contributed by atoms with E-state index in [9.17, 15) is 9.59 Å². The summed E-state index contributed by atoms with van der Waals surface area (Å²) in [6.07, 6.45) is 1.83. The fourth-order valence-electron chi connectivity index (χ4n) is 4.06. The molecule has 1 N–H and O–H groups in total. The molecule has 0 bridgehead atoms. The summed E-state index contributed by atoms with van der Waals surface area (Å²) < 4.78 is 11.0. The first-order valence-electron chi connectivity index (χ1n) is 9.63. The highest BCUT2D eigenvalue weighted by molar-refractivity contribution is 5.98. The molecular weight excluding hydrogens is 358 g/mol. The number of carbonyl (C=O) groups excluding carboxylic acids is 2. The number of ether oxygens (including phenoxy) is 1. The van der Waals surface area contributed by atoms with E-state index < -0.39 is 0 Å². The Bertz CT molecular complexity index is 892. The second kappa shape index (κ2) is 7.67. The van der Waals surface area contributed by atoms with E-state index in [4.69, 9.17) is 9.15 Å². The first kappa shape index (κ1) is 18.6. The van der Waals surface area contributed by atoms with Crippen molar-refractivity contribution in [2.75, 3.05) is 31.6 Å². The summed E-state index contributed by atoms with van der Waals surface area (Å²) >= 11 is 0. The molecule has 3 heterocycles. The predicted molar refractivity (Wildman–Crippen MR) is 104 cm³/mol. The lowest BCUT2D eigenvalue weighted by Gasteiger charge is -2.24. The zero-order chi connectivity index (χ0) is 19.7. The molecule has 2 saturated heterocycles. The summed E-state index contributed by atoms with van der Waals surface area (Å²) in [7, 11) is 1.63. The Balaban J connectivity index is 1.54. The Hall–Kier alpha value is -2.80. The minimum atomic E-state index is -0.0912. The van der Waals surface area contributed by atoms with Crippen LogP contribution in [0.15, 0.2) is 34.7 Å². The molecule has 1 aromatic heterocycles. The van der Waals surface area contributed by atoms with Gasteiger partial charge in [0.2, 0.25) is 0 Å². The van der Waals surface area contributed by atoms with Crippen LogP contribution >= 0.6 is 0 Å². The summed E-state index contributed by atoms with van der Waals surface area (Å²) in [5.41, 5.74) is 2.40. The number of benzene rings is 1. The van der Waals surface area contributed by atoms with Crippen molar-refractivity contribution in [2.45, 2.75) is 32.4 Å². The second-order valence-electron chi connectivity index (χ2n) is 7.28. The van der Waals surface area contributed by atoms with Crippen LogP contribution in [0.1, 0.15) is 46.3 Å². The number of amides is 3. The quantitative estimate of drug-likeness (QED) is 0.860. The van der Waals surface area contributed by atoms with E-state index in [1.807, 2.05) is 42.2 Å². The van der Waals surface area contributed by atoms with Crippen molar-refractivity contribution < 1.29 is 18.7 Å². The number of carbonyl (C=O) groups is 2. The summed E-state index contributed by atoms with van der Waals surface area (Å²) in [5, 5.41) is 2.80. The third-order valence-electron chi connectivity index (χ3n) is 5.40. The summed E-state index contributed by atoms with van der Waals surface area (Å²) in [4.78, 5) is 28.7. The van der Waals surface area contributed by atoms with Gasteiger partial charge in [0, 0.05) is 38.0 Å². The minimum Gasteiger partial charge on any atom is -0.461 e. The minimum absolute atomic E-state index is 0.00675. The maximum Gasteiger partial charge on any atom is 0.322 e. The summed E-state index contributed by atoms with van der Waals surface area (Å²) in [5.74, 6) is 1.56. The molecule has 0 spiro atoms. The first-order chi connectivity index (χ1) is 13.6. The topological polar surface area (TPSA) is 75.0 Å². The lowest BCUT2D eigenvalue weighted by Crippen LogP contribution is -2.31. The molecule has 148 valence electrons. The fraction of sp³-hybridized carbons (Fsp3) is 0.429. The smallest absolute Gasteiger partial charge is 0.322 e. The zero-order valence-electron chi connectivity index (χ0n) is 16.2. The number of hydrogen-bond acceptors (Lipinski definition) is 4. The van der Waals surface area contributed by atoms with Crippen molar-refractivity contribution >= 4 is 17.6 Å². The largest absolute Gasteiger partial charge is 0.461 e. The monoisotopic (exact) mass is 383 g/mol. The van der Waals surface area contributed by atoms with Crippen LogP contribution in [-0.4, -0.2) is 43.6 Å². The first-order valence-corrected chi connectivity index (χ1v) is 9.63. The Morgan fingerprint density at radius 3 is 2.86 bits per heavy atom.